The molecule has 0 fully saturated rings. The Balaban J connectivity index is 2.44. The lowest BCUT2D eigenvalue weighted by Gasteiger charge is -2.09. The largest absolute Gasteiger partial charge is 0.337 e. The lowest BCUT2D eigenvalue weighted by Crippen LogP contribution is -2.09. The Kier molecular flexibility index (Phi) is 3.69. The van der Waals surface area contributed by atoms with Crippen molar-refractivity contribution in [2.75, 3.05) is 0 Å². The molecule has 2 aromatic heterocycles. The molecule has 2 aromatic rings. The molecule has 0 bridgehead atoms. The van der Waals surface area contributed by atoms with Gasteiger partial charge in [0.1, 0.15) is 11.6 Å². The molecule has 0 unspecified atom stereocenters. The van der Waals surface area contributed by atoms with Crippen LogP contribution in [0.4, 0.5) is 0 Å². The van der Waals surface area contributed by atoms with Crippen LogP contribution in [-0.4, -0.2) is 27.5 Å². The fourth-order valence-corrected chi connectivity index (χ4v) is 2.49. The van der Waals surface area contributed by atoms with Crippen LogP contribution in [-0.2, 0) is 22.6 Å². The fraction of sp³-hybridized carbons (Fsp3) is 0.455. The second-order valence-corrected chi connectivity index (χ2v) is 7.12. The molecular formula is C11H15ClN4O2S. The summed E-state index contributed by atoms with van der Waals surface area (Å²) in [5.74, 6) is 1.58. The molecule has 0 aliphatic carbocycles. The third kappa shape index (κ3) is 2.98. The maximum absolute atomic E-state index is 11.4. The summed E-state index contributed by atoms with van der Waals surface area (Å²) < 4.78 is 26.4. The van der Waals surface area contributed by atoms with Crippen LogP contribution in [0.25, 0.3) is 0 Å². The fourth-order valence-electron chi connectivity index (χ4n) is 1.81. The molecule has 0 aliphatic heterocycles. The van der Waals surface area contributed by atoms with Gasteiger partial charge in [0.25, 0.3) is 9.05 Å². The molecule has 0 saturated heterocycles. The lowest BCUT2D eigenvalue weighted by atomic mass is 10.2. The van der Waals surface area contributed by atoms with Crippen molar-refractivity contribution in [2.24, 2.45) is 7.05 Å². The number of aromatic nitrogens is 4. The van der Waals surface area contributed by atoms with Gasteiger partial charge < -0.3 is 9.13 Å². The van der Waals surface area contributed by atoms with Crippen LogP contribution in [0.3, 0.4) is 0 Å². The van der Waals surface area contributed by atoms with Gasteiger partial charge in [-0.1, -0.05) is 13.8 Å². The molecule has 6 nitrogen and oxygen atoms in total. The van der Waals surface area contributed by atoms with E-state index in [2.05, 4.69) is 9.97 Å². The van der Waals surface area contributed by atoms with E-state index in [0.717, 1.165) is 5.82 Å². The summed E-state index contributed by atoms with van der Waals surface area (Å²) in [6, 6.07) is 0. The Hall–Kier alpha value is -1.34. The Bertz CT molecular complexity index is 687. The van der Waals surface area contributed by atoms with Gasteiger partial charge in [-0.2, -0.15) is 0 Å². The first-order valence-corrected chi connectivity index (χ1v) is 8.08. The van der Waals surface area contributed by atoms with E-state index in [1.54, 1.807) is 10.8 Å². The van der Waals surface area contributed by atoms with E-state index in [1.807, 2.05) is 31.7 Å². The molecule has 0 radical (unpaired) electrons. The Morgan fingerprint density at radius 2 is 2.11 bits per heavy atom. The van der Waals surface area contributed by atoms with Crippen LogP contribution in [0.2, 0.25) is 0 Å². The third-order valence-corrected chi connectivity index (χ3v) is 3.95. The zero-order chi connectivity index (χ0) is 14.2. The van der Waals surface area contributed by atoms with E-state index in [4.69, 9.17) is 10.7 Å². The molecule has 0 amide bonds. The summed E-state index contributed by atoms with van der Waals surface area (Å²) in [6.45, 7) is 4.35. The van der Waals surface area contributed by atoms with E-state index >= 15 is 0 Å². The summed E-state index contributed by atoms with van der Waals surface area (Å²) in [7, 11) is 3.41. The summed E-state index contributed by atoms with van der Waals surface area (Å²) >= 11 is 0. The standard InChI is InChI=1S/C11H15ClN4O2S/c1-8(2)11-14-10(19(12,17)18)7-16(11)6-9-13-4-5-15(9)3/h4-5,7-8H,6H2,1-3H3. The second kappa shape index (κ2) is 4.97. The van der Waals surface area contributed by atoms with Crippen LogP contribution in [0.5, 0.6) is 0 Å². The molecule has 0 atom stereocenters. The summed E-state index contributed by atoms with van der Waals surface area (Å²) in [5.41, 5.74) is 0. The monoisotopic (exact) mass is 302 g/mol. The van der Waals surface area contributed by atoms with Crippen LogP contribution in [0, 0.1) is 0 Å². The summed E-state index contributed by atoms with van der Waals surface area (Å²) in [6.07, 6.45) is 4.98. The minimum Gasteiger partial charge on any atom is -0.337 e. The molecule has 0 saturated carbocycles. The van der Waals surface area contributed by atoms with Crippen molar-refractivity contribution in [3.05, 3.63) is 30.2 Å². The van der Waals surface area contributed by atoms with Gasteiger partial charge in [0.05, 0.1) is 6.54 Å². The van der Waals surface area contributed by atoms with Crippen molar-refractivity contribution >= 4 is 19.7 Å². The van der Waals surface area contributed by atoms with Crippen LogP contribution < -0.4 is 0 Å². The van der Waals surface area contributed by atoms with Gasteiger partial charge in [-0.15, -0.1) is 0 Å². The van der Waals surface area contributed by atoms with E-state index in [0.29, 0.717) is 12.4 Å². The highest BCUT2D eigenvalue weighted by Gasteiger charge is 2.20. The SMILES string of the molecule is CC(C)c1nc(S(=O)(=O)Cl)cn1Cc1nccn1C. The van der Waals surface area contributed by atoms with E-state index in [1.165, 1.54) is 6.20 Å². The number of rotatable bonds is 4. The molecule has 2 heterocycles. The molecule has 0 aliphatic rings. The predicted octanol–water partition coefficient (Wildman–Crippen LogP) is 1.72. The average Bonchev–Trinajstić information content (AvgIpc) is 2.86. The van der Waals surface area contributed by atoms with Gasteiger partial charge in [-0.3, -0.25) is 0 Å². The molecule has 0 N–H and O–H groups in total. The van der Waals surface area contributed by atoms with Gasteiger partial charge in [0, 0.05) is 42.2 Å². The van der Waals surface area contributed by atoms with Crippen LogP contribution in [0.1, 0.15) is 31.4 Å². The number of hydrogen-bond donors (Lipinski definition) is 0. The number of hydrogen-bond acceptors (Lipinski definition) is 4. The predicted molar refractivity (Wildman–Crippen MR) is 71.7 cm³/mol. The van der Waals surface area contributed by atoms with E-state index in [9.17, 15) is 8.42 Å². The minimum absolute atomic E-state index is 0.0902. The molecule has 0 aromatic carbocycles. The first-order valence-electron chi connectivity index (χ1n) is 5.77. The number of imidazole rings is 2. The number of nitrogens with zero attached hydrogens (tertiary/aromatic N) is 4. The average molecular weight is 303 g/mol. The number of aryl methyl sites for hydroxylation is 1. The van der Waals surface area contributed by atoms with Crippen molar-refractivity contribution in [1.29, 1.82) is 0 Å². The van der Waals surface area contributed by atoms with Gasteiger partial charge in [-0.25, -0.2) is 18.4 Å². The first-order chi connectivity index (χ1) is 8.79. The molecule has 8 heteroatoms. The van der Waals surface area contributed by atoms with Gasteiger partial charge >= 0.3 is 0 Å². The number of halogens is 1. The molecule has 104 valence electrons. The molecular weight excluding hydrogens is 288 g/mol. The van der Waals surface area contributed by atoms with Gasteiger partial charge in [0.2, 0.25) is 0 Å². The first kappa shape index (κ1) is 14.1. The van der Waals surface area contributed by atoms with Crippen molar-refractivity contribution < 1.29 is 8.42 Å². The Labute approximate surface area is 116 Å². The summed E-state index contributed by atoms with van der Waals surface area (Å²) in [4.78, 5) is 8.31. The van der Waals surface area contributed by atoms with Crippen molar-refractivity contribution in [3.63, 3.8) is 0 Å². The van der Waals surface area contributed by atoms with E-state index in [-0.39, 0.29) is 10.9 Å². The normalized spacial score (nSPS) is 12.3. The maximum Gasteiger partial charge on any atom is 0.280 e. The summed E-state index contributed by atoms with van der Waals surface area (Å²) in [5, 5.41) is -0.118. The molecule has 2 rings (SSSR count). The second-order valence-electron chi connectivity index (χ2n) is 4.61. The molecule has 0 spiro atoms. The topological polar surface area (TPSA) is 69.8 Å². The third-order valence-electron chi connectivity index (χ3n) is 2.78. The van der Waals surface area contributed by atoms with Crippen molar-refractivity contribution in [3.8, 4) is 0 Å². The molecule has 19 heavy (non-hydrogen) atoms. The zero-order valence-corrected chi connectivity index (χ0v) is 12.5. The van der Waals surface area contributed by atoms with Crippen molar-refractivity contribution in [2.45, 2.75) is 31.3 Å². The van der Waals surface area contributed by atoms with Crippen LogP contribution in [0.15, 0.2) is 23.6 Å². The smallest absolute Gasteiger partial charge is 0.280 e. The van der Waals surface area contributed by atoms with Gasteiger partial charge in [0.15, 0.2) is 5.03 Å². The van der Waals surface area contributed by atoms with Crippen molar-refractivity contribution in [1.82, 2.24) is 19.1 Å². The Morgan fingerprint density at radius 3 is 2.58 bits per heavy atom. The quantitative estimate of drug-likeness (QED) is 0.806. The minimum atomic E-state index is -3.81. The highest BCUT2D eigenvalue weighted by molar-refractivity contribution is 8.13. The van der Waals surface area contributed by atoms with Crippen LogP contribution >= 0.6 is 10.7 Å². The van der Waals surface area contributed by atoms with E-state index < -0.39 is 9.05 Å². The lowest BCUT2D eigenvalue weighted by molar-refractivity contribution is 0.606. The highest BCUT2D eigenvalue weighted by Crippen LogP contribution is 2.20. The highest BCUT2D eigenvalue weighted by atomic mass is 35.7. The Morgan fingerprint density at radius 1 is 1.42 bits per heavy atom. The van der Waals surface area contributed by atoms with Gasteiger partial charge in [-0.05, 0) is 0 Å². The maximum atomic E-state index is 11.4. The zero-order valence-electron chi connectivity index (χ0n) is 10.9.